The molecule has 2 heterocycles. The van der Waals surface area contributed by atoms with Crippen molar-refractivity contribution in [2.75, 3.05) is 18.0 Å². The number of nitrogens with one attached hydrogen (secondary N) is 1. The Kier molecular flexibility index (Phi) is 5.70. The van der Waals surface area contributed by atoms with Gasteiger partial charge in [0.05, 0.1) is 11.3 Å². The van der Waals surface area contributed by atoms with Crippen LogP contribution in [0.4, 0.5) is 23.7 Å². The van der Waals surface area contributed by atoms with Gasteiger partial charge in [-0.05, 0) is 37.5 Å². The number of halogens is 3. The highest BCUT2D eigenvalue weighted by atomic mass is 32.2. The first kappa shape index (κ1) is 22.0. The first-order chi connectivity index (χ1) is 14.6. The van der Waals surface area contributed by atoms with Crippen LogP contribution in [0.2, 0.25) is 0 Å². The lowest BCUT2D eigenvalue weighted by Gasteiger charge is -2.25. The molecule has 1 aliphatic carbocycles. The number of rotatable bonds is 3. The van der Waals surface area contributed by atoms with Gasteiger partial charge in [-0.1, -0.05) is 19.8 Å². The Hall–Kier alpha value is -2.23. The molecule has 0 bridgehead atoms. The third-order valence-corrected chi connectivity index (χ3v) is 7.46. The summed E-state index contributed by atoms with van der Waals surface area (Å²) in [6.07, 6.45) is -1.11. The van der Waals surface area contributed by atoms with Crippen molar-refractivity contribution < 1.29 is 27.6 Å². The van der Waals surface area contributed by atoms with Crippen molar-refractivity contribution in [1.82, 2.24) is 10.2 Å². The van der Waals surface area contributed by atoms with Crippen molar-refractivity contribution in [2.24, 2.45) is 0 Å². The summed E-state index contributed by atoms with van der Waals surface area (Å²) in [5.41, 5.74) is -1.42. The largest absolute Gasteiger partial charge is 0.416 e. The molecule has 1 aromatic carbocycles. The Morgan fingerprint density at radius 2 is 1.97 bits per heavy atom. The van der Waals surface area contributed by atoms with E-state index in [1.54, 1.807) is 0 Å². The Balaban J connectivity index is 1.52. The summed E-state index contributed by atoms with van der Waals surface area (Å²) in [7, 11) is 0. The predicted octanol–water partition coefficient (Wildman–Crippen LogP) is 4.18. The van der Waals surface area contributed by atoms with E-state index >= 15 is 0 Å². The zero-order valence-corrected chi connectivity index (χ0v) is 17.9. The lowest BCUT2D eigenvalue weighted by atomic mass is 9.98. The molecule has 4 amide bonds. The number of carbonyl (C=O) groups excluding carboxylic acids is 3. The maximum Gasteiger partial charge on any atom is 0.416 e. The van der Waals surface area contributed by atoms with Crippen LogP contribution in [0.15, 0.2) is 23.1 Å². The standard InChI is InChI=1S/C21H24F3N3O3S/c1-13-6-10-26(15-12-14(21(22,23)24)4-5-16(15)31-13)17(28)7-11-27-18(29)20(25-19(27)30)8-2-3-9-20/h4-5,12-13H,2-3,6-11H2,1H3,(H,25,30). The first-order valence-corrected chi connectivity index (χ1v) is 11.3. The van der Waals surface area contributed by atoms with Gasteiger partial charge in [0.15, 0.2) is 0 Å². The molecule has 0 radical (unpaired) electrons. The molecule has 6 nitrogen and oxygen atoms in total. The molecule has 1 atom stereocenters. The van der Waals surface area contributed by atoms with Gasteiger partial charge in [-0.15, -0.1) is 11.8 Å². The molecule has 1 N–H and O–H groups in total. The number of carbonyl (C=O) groups is 3. The van der Waals surface area contributed by atoms with Gasteiger partial charge in [-0.2, -0.15) is 13.2 Å². The third kappa shape index (κ3) is 4.14. The summed E-state index contributed by atoms with van der Waals surface area (Å²) in [4.78, 5) is 41.2. The Bertz CT molecular complexity index is 915. The number of imide groups is 1. The minimum Gasteiger partial charge on any atom is -0.323 e. The van der Waals surface area contributed by atoms with Crippen LogP contribution in [0.5, 0.6) is 0 Å². The molecule has 1 spiro atoms. The van der Waals surface area contributed by atoms with Crippen LogP contribution in [0.25, 0.3) is 0 Å². The van der Waals surface area contributed by atoms with E-state index in [9.17, 15) is 27.6 Å². The fourth-order valence-electron chi connectivity index (χ4n) is 4.51. The van der Waals surface area contributed by atoms with E-state index in [0.717, 1.165) is 29.9 Å². The van der Waals surface area contributed by atoms with Crippen LogP contribution >= 0.6 is 11.8 Å². The summed E-state index contributed by atoms with van der Waals surface area (Å²) in [5, 5.41) is 2.91. The highest BCUT2D eigenvalue weighted by Crippen LogP contribution is 2.41. The van der Waals surface area contributed by atoms with Gasteiger partial charge in [0, 0.05) is 29.7 Å². The van der Waals surface area contributed by atoms with Crippen LogP contribution in [-0.2, 0) is 15.8 Å². The van der Waals surface area contributed by atoms with Gasteiger partial charge in [-0.3, -0.25) is 14.5 Å². The highest BCUT2D eigenvalue weighted by Gasteiger charge is 2.52. The minimum absolute atomic E-state index is 0.0846. The quantitative estimate of drug-likeness (QED) is 0.695. The van der Waals surface area contributed by atoms with E-state index in [1.807, 2.05) is 6.92 Å². The fourth-order valence-corrected chi connectivity index (χ4v) is 5.60. The summed E-state index contributed by atoms with van der Waals surface area (Å²) >= 11 is 1.44. The molecule has 1 saturated carbocycles. The predicted molar refractivity (Wildman–Crippen MR) is 110 cm³/mol. The van der Waals surface area contributed by atoms with Crippen LogP contribution < -0.4 is 10.2 Å². The molecular weight excluding hydrogens is 431 g/mol. The third-order valence-electron chi connectivity index (χ3n) is 6.22. The van der Waals surface area contributed by atoms with Crippen molar-refractivity contribution in [2.45, 2.75) is 67.3 Å². The summed E-state index contributed by atoms with van der Waals surface area (Å²) in [6.45, 7) is 2.17. The Morgan fingerprint density at radius 3 is 2.65 bits per heavy atom. The summed E-state index contributed by atoms with van der Waals surface area (Å²) in [5.74, 6) is -0.703. The smallest absolute Gasteiger partial charge is 0.323 e. The Labute approximate surface area is 182 Å². The number of hydrogen-bond donors (Lipinski definition) is 1. The SMILES string of the molecule is CC1CCN(C(=O)CCN2C(=O)NC3(CCCC3)C2=O)c2cc(C(F)(F)F)ccc2S1. The van der Waals surface area contributed by atoms with Crippen LogP contribution in [0, 0.1) is 0 Å². The second kappa shape index (κ2) is 8.03. The maximum atomic E-state index is 13.2. The van der Waals surface area contributed by atoms with Crippen molar-refractivity contribution in [3.05, 3.63) is 23.8 Å². The lowest BCUT2D eigenvalue weighted by Crippen LogP contribution is -2.44. The van der Waals surface area contributed by atoms with Crippen LogP contribution in [0.1, 0.15) is 51.0 Å². The number of thioether (sulfide) groups is 1. The highest BCUT2D eigenvalue weighted by molar-refractivity contribution is 8.00. The van der Waals surface area contributed by atoms with Gasteiger partial charge in [0.25, 0.3) is 5.91 Å². The van der Waals surface area contributed by atoms with Crippen molar-refractivity contribution in [1.29, 1.82) is 0 Å². The normalized spacial score (nSPS) is 23.2. The lowest BCUT2D eigenvalue weighted by molar-refractivity contribution is -0.137. The van der Waals surface area contributed by atoms with Crippen LogP contribution in [0.3, 0.4) is 0 Å². The molecule has 2 fully saturated rings. The molecule has 1 aromatic rings. The second-order valence-electron chi connectivity index (χ2n) is 8.37. The number of amides is 4. The number of hydrogen-bond acceptors (Lipinski definition) is 4. The molecule has 3 aliphatic rings. The van der Waals surface area contributed by atoms with E-state index in [4.69, 9.17) is 0 Å². The zero-order valence-electron chi connectivity index (χ0n) is 17.1. The van der Waals surface area contributed by atoms with E-state index in [2.05, 4.69) is 5.32 Å². The molecule has 1 unspecified atom stereocenters. The molecule has 4 rings (SSSR count). The van der Waals surface area contributed by atoms with E-state index in [1.165, 1.54) is 22.7 Å². The van der Waals surface area contributed by atoms with Gasteiger partial charge in [0.2, 0.25) is 5.91 Å². The summed E-state index contributed by atoms with van der Waals surface area (Å²) in [6, 6.07) is 2.95. The van der Waals surface area contributed by atoms with E-state index in [-0.39, 0.29) is 36.4 Å². The van der Waals surface area contributed by atoms with Gasteiger partial charge in [-0.25, -0.2) is 4.79 Å². The summed E-state index contributed by atoms with van der Waals surface area (Å²) < 4.78 is 39.7. The molecule has 10 heteroatoms. The molecule has 0 aromatic heterocycles. The fraction of sp³-hybridized carbons (Fsp3) is 0.571. The number of fused-ring (bicyclic) bond motifs is 1. The Morgan fingerprint density at radius 1 is 1.26 bits per heavy atom. The molecule has 168 valence electrons. The van der Waals surface area contributed by atoms with Gasteiger partial charge in [0.1, 0.15) is 5.54 Å². The maximum absolute atomic E-state index is 13.2. The zero-order chi connectivity index (χ0) is 22.4. The van der Waals surface area contributed by atoms with Crippen molar-refractivity contribution in [3.8, 4) is 0 Å². The average molecular weight is 456 g/mol. The number of urea groups is 1. The van der Waals surface area contributed by atoms with Crippen molar-refractivity contribution in [3.63, 3.8) is 0 Å². The number of alkyl halides is 3. The minimum atomic E-state index is -4.51. The van der Waals surface area contributed by atoms with Gasteiger partial charge >= 0.3 is 12.2 Å². The number of benzene rings is 1. The average Bonchev–Trinajstić information content (AvgIpc) is 3.20. The van der Waals surface area contributed by atoms with E-state index in [0.29, 0.717) is 24.2 Å². The van der Waals surface area contributed by atoms with Crippen molar-refractivity contribution >= 4 is 35.3 Å². The molecule has 1 saturated heterocycles. The van der Waals surface area contributed by atoms with E-state index < -0.39 is 29.2 Å². The number of anilines is 1. The molecular formula is C21H24F3N3O3S. The second-order valence-corrected chi connectivity index (χ2v) is 9.85. The first-order valence-electron chi connectivity index (χ1n) is 10.4. The van der Waals surface area contributed by atoms with Gasteiger partial charge < -0.3 is 10.2 Å². The van der Waals surface area contributed by atoms with Crippen LogP contribution in [-0.4, -0.2) is 46.6 Å². The topological polar surface area (TPSA) is 69.7 Å². The monoisotopic (exact) mass is 455 g/mol. The molecule has 2 aliphatic heterocycles. The molecule has 31 heavy (non-hydrogen) atoms. The number of nitrogens with zero attached hydrogens (tertiary/aromatic N) is 2.